The molecule has 0 spiro atoms. The van der Waals surface area contributed by atoms with E-state index in [-0.39, 0.29) is 5.91 Å². The number of amidine groups is 1. The van der Waals surface area contributed by atoms with Crippen LogP contribution in [0.15, 0.2) is 83.7 Å². The summed E-state index contributed by atoms with van der Waals surface area (Å²) in [6.07, 6.45) is 5.80. The molecule has 0 atom stereocenters. The average molecular weight is 469 g/mol. The number of aliphatic imine (C=N–C) groups is 1. The molecule has 1 aliphatic heterocycles. The smallest absolute Gasteiger partial charge is 0.283 e. The van der Waals surface area contributed by atoms with E-state index in [0.717, 1.165) is 39.5 Å². The molecule has 5 rings (SSSR count). The van der Waals surface area contributed by atoms with Gasteiger partial charge in [0.2, 0.25) is 0 Å². The molecule has 1 amide bonds. The van der Waals surface area contributed by atoms with Crippen molar-refractivity contribution in [2.75, 3.05) is 12.0 Å². The van der Waals surface area contributed by atoms with Crippen molar-refractivity contribution in [2.24, 2.45) is 4.99 Å². The van der Waals surface area contributed by atoms with Crippen molar-refractivity contribution in [3.8, 4) is 5.75 Å². The first-order valence-corrected chi connectivity index (χ1v) is 11.9. The van der Waals surface area contributed by atoms with E-state index >= 15 is 0 Å². The monoisotopic (exact) mass is 468 g/mol. The number of pyridine rings is 1. The van der Waals surface area contributed by atoms with E-state index in [0.29, 0.717) is 16.6 Å². The van der Waals surface area contributed by atoms with E-state index in [2.05, 4.69) is 11.1 Å². The molecule has 6 nitrogen and oxygen atoms in total. The second kappa shape index (κ2) is 9.19. The number of carbonyl (C=O) groups excluding carboxylic acids is 1. The van der Waals surface area contributed by atoms with E-state index in [1.807, 2.05) is 91.3 Å². The number of rotatable bonds is 5. The third-order valence-corrected chi connectivity index (χ3v) is 6.45. The molecular weight excluding hydrogens is 444 g/mol. The Balaban J connectivity index is 1.48. The van der Waals surface area contributed by atoms with Gasteiger partial charge < -0.3 is 9.14 Å². The molecule has 170 valence electrons. The van der Waals surface area contributed by atoms with Crippen molar-refractivity contribution in [1.82, 2.24) is 9.38 Å². The van der Waals surface area contributed by atoms with Crippen LogP contribution in [0.5, 0.6) is 5.75 Å². The van der Waals surface area contributed by atoms with Crippen molar-refractivity contribution >= 4 is 40.2 Å². The molecule has 4 aromatic rings. The molecule has 3 heterocycles. The van der Waals surface area contributed by atoms with Gasteiger partial charge in [-0.2, -0.15) is 0 Å². The number of anilines is 1. The summed E-state index contributed by atoms with van der Waals surface area (Å²) in [5, 5.41) is 0.645. The van der Waals surface area contributed by atoms with Crippen LogP contribution in [0.2, 0.25) is 0 Å². The molecule has 0 aliphatic carbocycles. The number of thioether (sulfide) groups is 1. The number of benzene rings is 2. The van der Waals surface area contributed by atoms with Crippen LogP contribution < -0.4 is 9.64 Å². The first-order valence-electron chi connectivity index (χ1n) is 10.9. The van der Waals surface area contributed by atoms with Crippen LogP contribution in [0.4, 0.5) is 5.69 Å². The maximum atomic E-state index is 13.5. The van der Waals surface area contributed by atoms with Crippen LogP contribution in [-0.4, -0.2) is 27.6 Å². The van der Waals surface area contributed by atoms with Gasteiger partial charge in [0, 0.05) is 18.1 Å². The van der Waals surface area contributed by atoms with Crippen LogP contribution >= 0.6 is 11.8 Å². The highest BCUT2D eigenvalue weighted by Crippen LogP contribution is 2.32. The zero-order chi connectivity index (χ0) is 23.7. The normalized spacial score (nSPS) is 14.8. The van der Waals surface area contributed by atoms with Crippen LogP contribution in [0, 0.1) is 13.8 Å². The SMILES string of the molecule is COc1ccc(/C=C2\N=C(SCc3cn4ccccc4n3)N(c3cc(C)cc(C)c3)C2=O)cc1. The molecule has 0 bridgehead atoms. The first kappa shape index (κ1) is 22.0. The number of hydrogen-bond donors (Lipinski definition) is 0. The van der Waals surface area contributed by atoms with E-state index < -0.39 is 0 Å². The van der Waals surface area contributed by atoms with Crippen molar-refractivity contribution in [3.05, 3.63) is 101 Å². The average Bonchev–Trinajstić information content (AvgIpc) is 3.38. The fourth-order valence-electron chi connectivity index (χ4n) is 3.95. The number of nitrogens with zero attached hydrogens (tertiary/aromatic N) is 4. The maximum absolute atomic E-state index is 13.5. The molecule has 0 radical (unpaired) electrons. The number of aromatic nitrogens is 2. The van der Waals surface area contributed by atoms with Crippen molar-refractivity contribution in [2.45, 2.75) is 19.6 Å². The van der Waals surface area contributed by atoms with Gasteiger partial charge >= 0.3 is 0 Å². The lowest BCUT2D eigenvalue weighted by Gasteiger charge is -2.19. The number of ether oxygens (including phenoxy) is 1. The Morgan fingerprint density at radius 3 is 2.50 bits per heavy atom. The van der Waals surface area contributed by atoms with E-state index in [1.165, 1.54) is 11.8 Å². The number of aryl methyl sites for hydroxylation is 2. The predicted octanol–water partition coefficient (Wildman–Crippen LogP) is 5.64. The number of amides is 1. The first-order chi connectivity index (χ1) is 16.5. The van der Waals surface area contributed by atoms with Gasteiger partial charge in [0.15, 0.2) is 5.17 Å². The van der Waals surface area contributed by atoms with Gasteiger partial charge in [-0.25, -0.2) is 9.98 Å². The van der Waals surface area contributed by atoms with Crippen molar-refractivity contribution in [1.29, 1.82) is 0 Å². The molecule has 34 heavy (non-hydrogen) atoms. The van der Waals surface area contributed by atoms with Gasteiger partial charge in [0.1, 0.15) is 17.1 Å². The molecule has 0 N–H and O–H groups in total. The number of imidazole rings is 1. The number of carbonyl (C=O) groups is 1. The van der Waals surface area contributed by atoms with Crippen LogP contribution in [0.25, 0.3) is 11.7 Å². The minimum absolute atomic E-state index is 0.140. The van der Waals surface area contributed by atoms with Gasteiger partial charge in [-0.1, -0.05) is 36.0 Å². The van der Waals surface area contributed by atoms with Gasteiger partial charge in [0.25, 0.3) is 5.91 Å². The Bertz CT molecular complexity index is 1380. The standard InChI is InChI=1S/C27H24N4O2S/c1-18-12-19(2)14-22(13-18)31-26(32)24(15-20-7-9-23(33-3)10-8-20)29-27(31)34-17-21-16-30-11-5-4-6-25(30)28-21/h4-16H,17H2,1-3H3/b24-15-. The molecule has 1 aliphatic rings. The van der Waals surface area contributed by atoms with Gasteiger partial charge in [-0.3, -0.25) is 9.69 Å². The number of fused-ring (bicyclic) bond motifs is 1. The molecule has 2 aromatic carbocycles. The van der Waals surface area contributed by atoms with Crippen molar-refractivity contribution in [3.63, 3.8) is 0 Å². The van der Waals surface area contributed by atoms with Gasteiger partial charge in [-0.05, 0) is 73.0 Å². The highest BCUT2D eigenvalue weighted by molar-refractivity contribution is 8.13. The largest absolute Gasteiger partial charge is 0.497 e. The summed E-state index contributed by atoms with van der Waals surface area (Å²) >= 11 is 1.51. The fourth-order valence-corrected chi connectivity index (χ4v) is 4.85. The summed E-state index contributed by atoms with van der Waals surface area (Å²) < 4.78 is 7.23. The third-order valence-electron chi connectivity index (χ3n) is 5.48. The van der Waals surface area contributed by atoms with Crippen LogP contribution in [0.3, 0.4) is 0 Å². The Labute approximate surface area is 202 Å². The predicted molar refractivity (Wildman–Crippen MR) is 138 cm³/mol. The van der Waals surface area contributed by atoms with E-state index in [9.17, 15) is 4.79 Å². The molecule has 2 aromatic heterocycles. The summed E-state index contributed by atoms with van der Waals surface area (Å²) in [6.45, 7) is 4.07. The minimum Gasteiger partial charge on any atom is -0.497 e. The Morgan fingerprint density at radius 2 is 1.79 bits per heavy atom. The van der Waals surface area contributed by atoms with Crippen LogP contribution in [0.1, 0.15) is 22.4 Å². The second-order valence-electron chi connectivity index (χ2n) is 8.17. The zero-order valence-electron chi connectivity index (χ0n) is 19.2. The van der Waals surface area contributed by atoms with E-state index in [4.69, 9.17) is 9.73 Å². The molecule has 0 saturated carbocycles. The molecule has 0 fully saturated rings. The van der Waals surface area contributed by atoms with Crippen LogP contribution in [-0.2, 0) is 10.5 Å². The summed E-state index contributed by atoms with van der Waals surface area (Å²) in [5.74, 6) is 1.23. The number of methoxy groups -OCH3 is 1. The quantitative estimate of drug-likeness (QED) is 0.356. The third kappa shape index (κ3) is 4.47. The lowest BCUT2D eigenvalue weighted by atomic mass is 10.1. The molecule has 7 heteroatoms. The summed E-state index contributed by atoms with van der Waals surface area (Å²) in [5.41, 5.74) is 6.14. The van der Waals surface area contributed by atoms with Crippen molar-refractivity contribution < 1.29 is 9.53 Å². The summed E-state index contributed by atoms with van der Waals surface area (Å²) in [4.78, 5) is 24.6. The Morgan fingerprint density at radius 1 is 1.03 bits per heavy atom. The minimum atomic E-state index is -0.140. The second-order valence-corrected chi connectivity index (χ2v) is 9.11. The lowest BCUT2D eigenvalue weighted by molar-refractivity contribution is -0.113. The highest BCUT2D eigenvalue weighted by Gasteiger charge is 2.32. The summed E-state index contributed by atoms with van der Waals surface area (Å²) in [6, 6.07) is 19.6. The lowest BCUT2D eigenvalue weighted by Crippen LogP contribution is -2.30. The maximum Gasteiger partial charge on any atom is 0.283 e. The topological polar surface area (TPSA) is 59.2 Å². The Hall–Kier alpha value is -3.84. The highest BCUT2D eigenvalue weighted by atomic mass is 32.2. The fraction of sp³-hybridized carbons (Fsp3) is 0.148. The molecular formula is C27H24N4O2S. The zero-order valence-corrected chi connectivity index (χ0v) is 20.0. The van der Waals surface area contributed by atoms with Gasteiger partial charge in [0.05, 0.1) is 18.5 Å². The number of hydrogen-bond acceptors (Lipinski definition) is 5. The summed E-state index contributed by atoms with van der Waals surface area (Å²) in [7, 11) is 1.63. The molecule has 0 saturated heterocycles. The van der Waals surface area contributed by atoms with Gasteiger partial charge in [-0.15, -0.1) is 0 Å². The molecule has 0 unspecified atom stereocenters. The Kier molecular flexibility index (Phi) is 5.94. The van der Waals surface area contributed by atoms with E-state index in [1.54, 1.807) is 12.0 Å².